The van der Waals surface area contributed by atoms with Gasteiger partial charge in [0.25, 0.3) is 0 Å². The van der Waals surface area contributed by atoms with Gasteiger partial charge in [0, 0.05) is 50.2 Å². The number of pyridine rings is 1. The smallest absolute Gasteiger partial charge is 0.319 e. The van der Waals surface area contributed by atoms with Crippen molar-refractivity contribution < 1.29 is 27.8 Å². The van der Waals surface area contributed by atoms with Gasteiger partial charge >= 0.3 is 6.01 Å². The average Bonchev–Trinajstić information content (AvgIpc) is 4.03. The van der Waals surface area contributed by atoms with Crippen molar-refractivity contribution in [2.45, 2.75) is 57.7 Å². The largest absolute Gasteiger partial charge is 0.468 e. The first kappa shape index (κ1) is 31.6. The van der Waals surface area contributed by atoms with Gasteiger partial charge in [-0.1, -0.05) is 25.1 Å². The topological polar surface area (TPSA) is 89.9 Å². The van der Waals surface area contributed by atoms with Gasteiger partial charge in [0.15, 0.2) is 12.6 Å². The van der Waals surface area contributed by atoms with Crippen LogP contribution in [0.3, 0.4) is 0 Å². The first-order chi connectivity index (χ1) is 22.8. The van der Waals surface area contributed by atoms with Gasteiger partial charge < -0.3 is 28.8 Å². The summed E-state index contributed by atoms with van der Waals surface area (Å²) in [6.07, 6.45) is 6.60. The summed E-state index contributed by atoms with van der Waals surface area (Å²) in [4.78, 5) is 29.3. The fourth-order valence-corrected chi connectivity index (χ4v) is 6.89. The van der Waals surface area contributed by atoms with Crippen LogP contribution >= 0.6 is 0 Å². The number of hydrogen-bond donors (Lipinski definition) is 0. The summed E-state index contributed by atoms with van der Waals surface area (Å²) in [5, 5.41) is 2.18. The molecule has 3 aliphatic rings. The number of fused-ring (bicyclic) bond motifs is 2. The number of nitrogens with zero attached hydrogens (tertiary/aromatic N) is 5. The Hall–Kier alpha value is -3.96. The number of benzene rings is 2. The highest BCUT2D eigenvalue weighted by molar-refractivity contribution is 6.01. The molecule has 3 fully saturated rings. The number of halogens is 2. The van der Waals surface area contributed by atoms with E-state index in [1.165, 1.54) is 0 Å². The first-order valence-electron chi connectivity index (χ1n) is 16.5. The number of alkyl halides is 1. The van der Waals surface area contributed by atoms with E-state index in [0.29, 0.717) is 35.5 Å². The summed E-state index contributed by atoms with van der Waals surface area (Å²) in [5.74, 6) is 0.469. The van der Waals surface area contributed by atoms with Crippen LogP contribution in [-0.4, -0.2) is 85.5 Å². The molecule has 1 saturated heterocycles. The van der Waals surface area contributed by atoms with Gasteiger partial charge in [0.1, 0.15) is 35.2 Å². The Bertz CT molecular complexity index is 1790. The fraction of sp³-hybridized carbons (Fsp3) is 0.500. The van der Waals surface area contributed by atoms with Crippen LogP contribution in [0.1, 0.15) is 44.6 Å². The van der Waals surface area contributed by atoms with Crippen LogP contribution in [0.15, 0.2) is 36.5 Å². The summed E-state index contributed by atoms with van der Waals surface area (Å²) in [7, 11) is 3.32. The number of likely N-dealkylation sites (tertiary alicyclic amines) is 1. The van der Waals surface area contributed by atoms with Gasteiger partial charge in [-0.25, -0.2) is 8.78 Å². The predicted molar refractivity (Wildman–Crippen MR) is 176 cm³/mol. The maximum atomic E-state index is 16.9. The number of rotatable bonds is 13. The molecule has 0 N–H and O–H groups in total. The SMILES string of the molecule is CCc1cccc2cc(OCOC)cc(-c3ncc4c(N(C)[C@@H]5C[C@H]5F)nc(OCC5(CN6CCC(C=O)CC6)CC5)nc4c3F)c12. The molecule has 0 spiro atoms. The van der Waals surface area contributed by atoms with E-state index >= 15 is 4.39 Å². The number of methoxy groups -OCH3 is 1. The molecule has 2 aromatic carbocycles. The van der Waals surface area contributed by atoms with E-state index in [-0.39, 0.29) is 41.4 Å². The highest BCUT2D eigenvalue weighted by atomic mass is 19.1. The molecule has 7 rings (SSSR count). The Balaban J connectivity index is 1.26. The van der Waals surface area contributed by atoms with Crippen molar-refractivity contribution in [2.75, 3.05) is 52.1 Å². The lowest BCUT2D eigenvalue weighted by Crippen LogP contribution is -2.39. The zero-order chi connectivity index (χ0) is 32.7. The summed E-state index contributed by atoms with van der Waals surface area (Å²) in [6, 6.07) is 9.40. The second-order valence-electron chi connectivity index (χ2n) is 13.4. The molecule has 0 amide bonds. The van der Waals surface area contributed by atoms with E-state index in [1.54, 1.807) is 31.3 Å². The van der Waals surface area contributed by atoms with Gasteiger partial charge in [-0.3, -0.25) is 4.98 Å². The van der Waals surface area contributed by atoms with E-state index in [2.05, 4.69) is 21.8 Å². The Morgan fingerprint density at radius 2 is 1.94 bits per heavy atom. The lowest BCUT2D eigenvalue weighted by molar-refractivity contribution is -0.112. The highest BCUT2D eigenvalue weighted by Gasteiger charge is 2.46. The Labute approximate surface area is 273 Å². The molecule has 0 bridgehead atoms. The molecule has 2 aromatic heterocycles. The summed E-state index contributed by atoms with van der Waals surface area (Å²) < 4.78 is 48.3. The zero-order valence-corrected chi connectivity index (χ0v) is 27.2. The van der Waals surface area contributed by atoms with E-state index in [9.17, 15) is 9.18 Å². The van der Waals surface area contributed by atoms with E-state index in [0.717, 1.165) is 74.4 Å². The number of carbonyl (C=O) groups excluding carboxylic acids is 1. The molecule has 9 nitrogen and oxygen atoms in total. The number of aldehydes is 1. The van der Waals surface area contributed by atoms with E-state index in [1.807, 2.05) is 24.3 Å². The van der Waals surface area contributed by atoms with E-state index in [4.69, 9.17) is 19.2 Å². The molecule has 47 heavy (non-hydrogen) atoms. The Morgan fingerprint density at radius 1 is 1.15 bits per heavy atom. The maximum Gasteiger partial charge on any atom is 0.319 e. The van der Waals surface area contributed by atoms with Crippen LogP contribution in [0.25, 0.3) is 32.9 Å². The first-order valence-corrected chi connectivity index (χ1v) is 16.5. The second kappa shape index (κ2) is 12.9. The molecule has 0 unspecified atom stereocenters. The molecule has 3 heterocycles. The van der Waals surface area contributed by atoms with Gasteiger partial charge in [0.2, 0.25) is 0 Å². The normalized spacial score (nSPS) is 20.8. The number of carbonyl (C=O) groups is 1. The number of aromatic nitrogens is 3. The molecule has 2 atom stereocenters. The van der Waals surface area contributed by atoms with Crippen molar-refractivity contribution in [1.29, 1.82) is 0 Å². The van der Waals surface area contributed by atoms with E-state index < -0.39 is 12.0 Å². The average molecular weight is 646 g/mol. The fourth-order valence-electron chi connectivity index (χ4n) is 6.89. The van der Waals surface area contributed by atoms with Gasteiger partial charge in [0.05, 0.1) is 18.0 Å². The van der Waals surface area contributed by atoms with Crippen LogP contribution in [-0.2, 0) is 16.0 Å². The van der Waals surface area contributed by atoms with Crippen LogP contribution in [0.4, 0.5) is 14.6 Å². The van der Waals surface area contributed by atoms with Crippen LogP contribution in [0.5, 0.6) is 11.8 Å². The predicted octanol–water partition coefficient (Wildman–Crippen LogP) is 6.15. The molecular weight excluding hydrogens is 604 g/mol. The minimum atomic E-state index is -0.974. The monoisotopic (exact) mass is 645 g/mol. The number of hydrogen-bond acceptors (Lipinski definition) is 9. The lowest BCUT2D eigenvalue weighted by atomic mass is 9.95. The maximum absolute atomic E-state index is 16.9. The minimum absolute atomic E-state index is 0.0288. The molecule has 1 aliphatic heterocycles. The molecule has 248 valence electrons. The van der Waals surface area contributed by atoms with Gasteiger partial charge in [-0.2, -0.15) is 9.97 Å². The quantitative estimate of drug-likeness (QED) is 0.126. The second-order valence-corrected chi connectivity index (χ2v) is 13.4. The van der Waals surface area contributed by atoms with Crippen LogP contribution in [0, 0.1) is 17.2 Å². The van der Waals surface area contributed by atoms with Crippen LogP contribution < -0.4 is 14.4 Å². The molecular formula is C36H41F2N5O4. The summed E-state index contributed by atoms with van der Waals surface area (Å²) in [6.45, 7) is 5.17. The standard InChI is InChI=1S/C36H41F2N5O4/c1-4-23-6-5-7-24-14-25(47-21-45-3)15-26(30(23)24)32-31(38)33-27(17-39-32)34(42(2)29-16-28(29)37)41-35(40-33)46-20-36(10-11-36)19-43-12-8-22(18-44)9-13-43/h5-7,14-15,17-18,22,28-29H,4,8-13,16,19-21H2,1-3H3/t28-,29-/m1/s1. The molecule has 2 saturated carbocycles. The summed E-state index contributed by atoms with van der Waals surface area (Å²) in [5.41, 5.74) is 1.82. The minimum Gasteiger partial charge on any atom is -0.468 e. The third-order valence-corrected chi connectivity index (χ3v) is 10.0. The zero-order valence-electron chi connectivity index (χ0n) is 27.2. The molecule has 2 aliphatic carbocycles. The van der Waals surface area contributed by atoms with Crippen molar-refractivity contribution in [3.63, 3.8) is 0 Å². The number of anilines is 1. The third-order valence-electron chi connectivity index (χ3n) is 10.0. The molecule has 11 heteroatoms. The number of aryl methyl sites for hydroxylation is 1. The lowest BCUT2D eigenvalue weighted by Gasteiger charge is -2.32. The van der Waals surface area contributed by atoms with Crippen LogP contribution in [0.2, 0.25) is 0 Å². The molecule has 4 aromatic rings. The van der Waals surface area contributed by atoms with Crippen molar-refractivity contribution in [2.24, 2.45) is 11.3 Å². The third kappa shape index (κ3) is 6.35. The van der Waals surface area contributed by atoms with Crippen molar-refractivity contribution in [3.8, 4) is 23.0 Å². The van der Waals surface area contributed by atoms with Crippen molar-refractivity contribution in [3.05, 3.63) is 47.9 Å². The van der Waals surface area contributed by atoms with Gasteiger partial charge in [-0.15, -0.1) is 0 Å². The Morgan fingerprint density at radius 3 is 2.62 bits per heavy atom. The Kier molecular flexibility index (Phi) is 8.69. The van der Waals surface area contributed by atoms with Gasteiger partial charge in [-0.05, 0) is 73.7 Å². The number of piperidine rings is 1. The van der Waals surface area contributed by atoms with Crippen molar-refractivity contribution in [1.82, 2.24) is 19.9 Å². The number of ether oxygens (including phenoxy) is 3. The highest BCUT2D eigenvalue weighted by Crippen LogP contribution is 2.47. The molecule has 0 radical (unpaired) electrons. The summed E-state index contributed by atoms with van der Waals surface area (Å²) >= 11 is 0. The van der Waals surface area contributed by atoms with Crippen molar-refractivity contribution >= 4 is 33.8 Å².